The third kappa shape index (κ3) is 1.88. The Labute approximate surface area is 107 Å². The molecule has 0 saturated carbocycles. The second kappa shape index (κ2) is 4.45. The second-order valence-electron chi connectivity index (χ2n) is 3.74. The van der Waals surface area contributed by atoms with Gasteiger partial charge in [-0.15, -0.1) is 11.8 Å². The van der Waals surface area contributed by atoms with E-state index in [4.69, 9.17) is 0 Å². The molecule has 4 nitrogen and oxygen atoms in total. The van der Waals surface area contributed by atoms with E-state index >= 15 is 0 Å². The fourth-order valence-electron chi connectivity index (χ4n) is 1.77. The molecule has 0 aliphatic heterocycles. The van der Waals surface area contributed by atoms with Crippen molar-refractivity contribution in [3.05, 3.63) is 36.4 Å². The molecule has 3 rings (SSSR count). The average Bonchev–Trinajstić information content (AvgIpc) is 2.97. The molecule has 6 heteroatoms. The molecule has 18 heavy (non-hydrogen) atoms. The van der Waals surface area contributed by atoms with Gasteiger partial charge in [-0.1, -0.05) is 6.92 Å². The first-order valence-electron chi connectivity index (χ1n) is 5.60. The molecule has 0 bridgehead atoms. The minimum Gasteiger partial charge on any atom is -0.322 e. The average molecular weight is 262 g/mol. The van der Waals surface area contributed by atoms with E-state index in [2.05, 4.69) is 15.1 Å². The van der Waals surface area contributed by atoms with E-state index in [1.54, 1.807) is 23.1 Å². The summed E-state index contributed by atoms with van der Waals surface area (Å²) in [5, 5.41) is 4.09. The van der Waals surface area contributed by atoms with Crippen LogP contribution in [0.3, 0.4) is 0 Å². The number of nitrogens with one attached hydrogen (secondary N) is 1. The van der Waals surface area contributed by atoms with Gasteiger partial charge in [-0.3, -0.25) is 0 Å². The van der Waals surface area contributed by atoms with E-state index in [0.29, 0.717) is 16.4 Å². The summed E-state index contributed by atoms with van der Waals surface area (Å²) in [7, 11) is 0. The number of H-pyrrole nitrogens is 1. The topological polar surface area (TPSA) is 46.5 Å². The number of hydrogen-bond donors (Lipinski definition) is 1. The molecular formula is C12H11FN4S. The third-order valence-corrected chi connectivity index (χ3v) is 3.46. The summed E-state index contributed by atoms with van der Waals surface area (Å²) in [5.74, 6) is 1.21. The van der Waals surface area contributed by atoms with Gasteiger partial charge in [-0.05, 0) is 17.9 Å². The molecule has 0 saturated heterocycles. The van der Waals surface area contributed by atoms with Crippen LogP contribution < -0.4 is 0 Å². The normalized spacial score (nSPS) is 11.2. The minimum absolute atomic E-state index is 0.218. The van der Waals surface area contributed by atoms with E-state index in [1.807, 2.05) is 13.0 Å². The molecular weight excluding hydrogens is 251 g/mol. The Kier molecular flexibility index (Phi) is 2.79. The molecule has 0 amide bonds. The van der Waals surface area contributed by atoms with Crippen molar-refractivity contribution in [1.82, 2.24) is 19.7 Å². The van der Waals surface area contributed by atoms with Crippen molar-refractivity contribution in [3.8, 4) is 5.95 Å². The zero-order chi connectivity index (χ0) is 12.5. The van der Waals surface area contributed by atoms with Gasteiger partial charge < -0.3 is 4.98 Å². The van der Waals surface area contributed by atoms with Crippen LogP contribution >= 0.6 is 11.8 Å². The zero-order valence-electron chi connectivity index (χ0n) is 9.72. The van der Waals surface area contributed by atoms with E-state index in [9.17, 15) is 4.39 Å². The van der Waals surface area contributed by atoms with Crippen LogP contribution in [0.4, 0.5) is 4.39 Å². The number of fused-ring (bicyclic) bond motifs is 1. The first-order chi connectivity index (χ1) is 8.78. The van der Waals surface area contributed by atoms with Crippen molar-refractivity contribution < 1.29 is 4.39 Å². The Morgan fingerprint density at radius 1 is 1.44 bits per heavy atom. The van der Waals surface area contributed by atoms with Gasteiger partial charge in [-0.2, -0.15) is 5.10 Å². The molecule has 0 spiro atoms. The second-order valence-corrected chi connectivity index (χ2v) is 5.05. The number of benzene rings is 1. The highest BCUT2D eigenvalue weighted by Gasteiger charge is 2.09. The van der Waals surface area contributed by atoms with E-state index < -0.39 is 0 Å². The molecule has 92 valence electrons. The molecule has 3 aromatic rings. The van der Waals surface area contributed by atoms with Crippen LogP contribution in [-0.2, 0) is 0 Å². The van der Waals surface area contributed by atoms with Gasteiger partial charge >= 0.3 is 0 Å². The lowest BCUT2D eigenvalue weighted by Crippen LogP contribution is -1.95. The van der Waals surface area contributed by atoms with Crippen LogP contribution in [0.5, 0.6) is 0 Å². The number of halogens is 1. The fraction of sp³-hybridized carbons (Fsp3) is 0.167. The van der Waals surface area contributed by atoms with Gasteiger partial charge in [0.05, 0.1) is 11.0 Å². The quantitative estimate of drug-likeness (QED) is 0.738. The van der Waals surface area contributed by atoms with E-state index in [-0.39, 0.29) is 5.82 Å². The molecule has 1 aromatic carbocycles. The molecule has 0 aliphatic rings. The summed E-state index contributed by atoms with van der Waals surface area (Å²) < 4.78 is 15.4. The predicted octanol–water partition coefficient (Wildman–Crippen LogP) is 3.00. The highest BCUT2D eigenvalue weighted by molar-refractivity contribution is 7.99. The zero-order valence-corrected chi connectivity index (χ0v) is 10.5. The Bertz CT molecular complexity index is 675. The van der Waals surface area contributed by atoms with Crippen molar-refractivity contribution in [1.29, 1.82) is 0 Å². The number of nitrogens with zero attached hydrogens (tertiary/aromatic N) is 3. The fourth-order valence-corrected chi connectivity index (χ4v) is 2.47. The summed E-state index contributed by atoms with van der Waals surface area (Å²) >= 11 is 1.47. The number of thioether (sulfide) groups is 1. The van der Waals surface area contributed by atoms with Crippen molar-refractivity contribution in [3.63, 3.8) is 0 Å². The molecule has 0 atom stereocenters. The predicted molar refractivity (Wildman–Crippen MR) is 69.6 cm³/mol. The Hall–Kier alpha value is -1.82. The Morgan fingerprint density at radius 3 is 3.06 bits per heavy atom. The van der Waals surface area contributed by atoms with Crippen molar-refractivity contribution >= 4 is 22.8 Å². The van der Waals surface area contributed by atoms with Crippen LogP contribution in [0.25, 0.3) is 17.0 Å². The molecule has 2 aromatic heterocycles. The van der Waals surface area contributed by atoms with Crippen molar-refractivity contribution in [2.75, 3.05) is 5.75 Å². The summed E-state index contributed by atoms with van der Waals surface area (Å²) in [5.41, 5.74) is 1.43. The number of aromatic amines is 1. The summed E-state index contributed by atoms with van der Waals surface area (Å²) in [6, 6.07) is 5.06. The van der Waals surface area contributed by atoms with Crippen LogP contribution in [0, 0.1) is 5.82 Å². The number of hydrogen-bond acceptors (Lipinski definition) is 3. The lowest BCUT2D eigenvalue weighted by Gasteiger charge is -1.99. The molecule has 0 fully saturated rings. The van der Waals surface area contributed by atoms with Gasteiger partial charge in [0, 0.05) is 23.4 Å². The Morgan fingerprint density at radius 2 is 2.33 bits per heavy atom. The van der Waals surface area contributed by atoms with E-state index in [0.717, 1.165) is 11.3 Å². The van der Waals surface area contributed by atoms with Crippen LogP contribution in [-0.4, -0.2) is 25.5 Å². The van der Waals surface area contributed by atoms with Crippen LogP contribution in [0.1, 0.15) is 6.92 Å². The summed E-state index contributed by atoms with van der Waals surface area (Å²) in [6.07, 6.45) is 3.46. The molecule has 0 radical (unpaired) electrons. The number of rotatable bonds is 3. The van der Waals surface area contributed by atoms with Crippen LogP contribution in [0.2, 0.25) is 0 Å². The number of aromatic nitrogens is 4. The molecule has 0 unspecified atom stereocenters. The first kappa shape index (κ1) is 11.3. The standard InChI is InChI=1S/C12H11FN4S/c1-2-18-11-7-10-9(6-8(11)13)15-12(16-10)17-5-3-4-14-17/h3-7H,2H2,1H3,(H,15,16). The third-order valence-electron chi connectivity index (χ3n) is 2.54. The van der Waals surface area contributed by atoms with Gasteiger partial charge in [0.25, 0.3) is 0 Å². The minimum atomic E-state index is -0.218. The first-order valence-corrected chi connectivity index (χ1v) is 6.58. The van der Waals surface area contributed by atoms with Crippen LogP contribution in [0.15, 0.2) is 35.5 Å². The maximum absolute atomic E-state index is 13.8. The largest absolute Gasteiger partial charge is 0.322 e. The maximum Gasteiger partial charge on any atom is 0.229 e. The van der Waals surface area contributed by atoms with Gasteiger partial charge in [0.15, 0.2) is 0 Å². The molecule has 2 heterocycles. The van der Waals surface area contributed by atoms with Crippen molar-refractivity contribution in [2.45, 2.75) is 11.8 Å². The smallest absolute Gasteiger partial charge is 0.229 e. The Balaban J connectivity index is 2.12. The molecule has 1 N–H and O–H groups in total. The van der Waals surface area contributed by atoms with Crippen molar-refractivity contribution in [2.24, 2.45) is 0 Å². The van der Waals surface area contributed by atoms with E-state index in [1.165, 1.54) is 17.8 Å². The summed E-state index contributed by atoms with van der Waals surface area (Å²) in [6.45, 7) is 1.99. The monoisotopic (exact) mass is 262 g/mol. The number of imidazole rings is 1. The van der Waals surface area contributed by atoms with Gasteiger partial charge in [-0.25, -0.2) is 14.1 Å². The van der Waals surface area contributed by atoms with Gasteiger partial charge in [0.1, 0.15) is 5.82 Å². The highest BCUT2D eigenvalue weighted by Crippen LogP contribution is 2.26. The molecule has 0 aliphatic carbocycles. The van der Waals surface area contributed by atoms with Gasteiger partial charge in [0.2, 0.25) is 5.95 Å². The SMILES string of the molecule is CCSc1cc2nc(-n3cccn3)[nH]c2cc1F. The highest BCUT2D eigenvalue weighted by atomic mass is 32.2. The lowest BCUT2D eigenvalue weighted by atomic mass is 10.3. The maximum atomic E-state index is 13.8. The lowest BCUT2D eigenvalue weighted by molar-refractivity contribution is 0.604. The summed E-state index contributed by atoms with van der Waals surface area (Å²) in [4.78, 5) is 8.08.